The molecule has 3 saturated heterocycles. The summed E-state index contributed by atoms with van der Waals surface area (Å²) >= 11 is 0. The highest BCUT2D eigenvalue weighted by Gasteiger charge is 2.59. The molecule has 262 valence electrons. The van der Waals surface area contributed by atoms with Crippen molar-refractivity contribution in [2.24, 2.45) is 5.11 Å². The molecule has 10 atom stereocenters. The molecule has 4 rings (SSSR count). The van der Waals surface area contributed by atoms with Gasteiger partial charge in [-0.25, -0.2) is 4.79 Å². The molecule has 0 aliphatic carbocycles. The number of azide groups is 1. The average Bonchev–Trinajstić information content (AvgIpc) is 3.34. The highest BCUT2D eigenvalue weighted by atomic mass is 16.8. The monoisotopic (exact) mass is 678 g/mol. The van der Waals surface area contributed by atoms with E-state index >= 15 is 0 Å². The number of amides is 1. The van der Waals surface area contributed by atoms with E-state index in [0.29, 0.717) is 5.56 Å². The summed E-state index contributed by atoms with van der Waals surface area (Å²) in [6.45, 7) is 7.04. The van der Waals surface area contributed by atoms with Crippen molar-refractivity contribution < 1.29 is 66.6 Å². The van der Waals surface area contributed by atoms with Gasteiger partial charge in [0.05, 0.1) is 5.56 Å². The highest BCUT2D eigenvalue weighted by molar-refractivity contribution is 5.89. The first kappa shape index (κ1) is 36.5. The van der Waals surface area contributed by atoms with Crippen molar-refractivity contribution in [3.63, 3.8) is 0 Å². The van der Waals surface area contributed by atoms with Gasteiger partial charge in [-0.15, -0.1) is 0 Å². The number of nitrogens with zero attached hydrogens (tertiary/aromatic N) is 3. The third kappa shape index (κ3) is 9.18. The molecule has 1 aromatic rings. The van der Waals surface area contributed by atoms with E-state index in [9.17, 15) is 29.5 Å². The van der Waals surface area contributed by atoms with Crippen LogP contribution in [0.4, 0.5) is 0 Å². The molecular weight excluding hydrogens is 640 g/mol. The lowest BCUT2D eigenvalue weighted by Crippen LogP contribution is -2.68. The molecule has 0 radical (unpaired) electrons. The fourth-order valence-corrected chi connectivity index (χ4v) is 5.65. The summed E-state index contributed by atoms with van der Waals surface area (Å²) in [5.74, 6) is -4.69. The minimum atomic E-state index is -1.53. The van der Waals surface area contributed by atoms with E-state index in [2.05, 4.69) is 15.3 Å². The predicted octanol–water partition coefficient (Wildman–Crippen LogP) is 1.44. The molecule has 1 amide bonds. The molecular formula is C30H38N4O14. The van der Waals surface area contributed by atoms with Crippen molar-refractivity contribution in [2.45, 2.75) is 109 Å². The Labute approximate surface area is 275 Å². The maximum absolute atomic E-state index is 12.7. The lowest BCUT2D eigenvalue weighted by atomic mass is 9.95. The SMILES string of the molecule is CC(=O)N[C@H]1[C@H](O[C@@H]2[C@H]3OC(C)(C)O[C@H]3[C@@H](COC(=O)c3ccccc3)O[C@H]2N=[N+]=[N-])O[C@H](COC(C)=O)[C@@H](OC(C)=O)[C@@H]1OC(C)=O. The van der Waals surface area contributed by atoms with Gasteiger partial charge in [-0.1, -0.05) is 23.3 Å². The standard InChI is InChI=1S/C30H38N4O14/c1-14(35)32-21-24(43-17(4)38)22(42-16(3)37)19(12-40-15(2)36)45-29(21)46-26-25-23(47-30(5,6)48-25)20(44-27(26)33-34-31)13-41-28(39)18-10-8-7-9-11-18/h7-11,19-27,29H,12-13H2,1-6H3,(H,32,35)/t19-,20-,21-,22-,23+,24-,25+,26-,27-,29+/m1/s1. The zero-order chi connectivity index (χ0) is 35.2. The molecule has 1 aromatic carbocycles. The summed E-state index contributed by atoms with van der Waals surface area (Å²) in [4.78, 5) is 64.0. The number of hydrogen-bond acceptors (Lipinski definition) is 15. The smallest absolute Gasteiger partial charge is 0.338 e. The molecule has 18 nitrogen and oxygen atoms in total. The van der Waals surface area contributed by atoms with Gasteiger partial charge in [0.2, 0.25) is 5.91 Å². The summed E-state index contributed by atoms with van der Waals surface area (Å²) in [5.41, 5.74) is 9.76. The molecule has 0 aromatic heterocycles. The third-order valence-electron chi connectivity index (χ3n) is 7.37. The number of hydrogen-bond donors (Lipinski definition) is 1. The fourth-order valence-electron chi connectivity index (χ4n) is 5.65. The number of carbonyl (C=O) groups excluding carboxylic acids is 5. The van der Waals surface area contributed by atoms with Crippen LogP contribution in [0.5, 0.6) is 0 Å². The van der Waals surface area contributed by atoms with E-state index < -0.39 is 103 Å². The molecule has 3 aliphatic rings. The van der Waals surface area contributed by atoms with E-state index in [0.717, 1.165) is 20.8 Å². The summed E-state index contributed by atoms with van der Waals surface area (Å²) in [7, 11) is 0. The largest absolute Gasteiger partial charge is 0.463 e. The zero-order valence-corrected chi connectivity index (χ0v) is 27.1. The maximum Gasteiger partial charge on any atom is 0.338 e. The molecule has 48 heavy (non-hydrogen) atoms. The van der Waals surface area contributed by atoms with E-state index in [1.807, 2.05) is 0 Å². The molecule has 0 saturated carbocycles. The molecule has 3 aliphatic heterocycles. The normalized spacial score (nSPS) is 32.0. The Hall–Kier alpha value is -4.32. The van der Waals surface area contributed by atoms with Crippen molar-refractivity contribution in [1.29, 1.82) is 0 Å². The van der Waals surface area contributed by atoms with Gasteiger partial charge < -0.3 is 47.9 Å². The van der Waals surface area contributed by atoms with E-state index in [1.54, 1.807) is 44.2 Å². The second kappa shape index (κ2) is 15.7. The molecule has 1 N–H and O–H groups in total. The first-order valence-corrected chi connectivity index (χ1v) is 15.0. The van der Waals surface area contributed by atoms with Crippen LogP contribution in [0.2, 0.25) is 0 Å². The molecule has 18 heteroatoms. The Balaban J connectivity index is 1.67. The summed E-state index contributed by atoms with van der Waals surface area (Å²) < 4.78 is 52.4. The van der Waals surface area contributed by atoms with Gasteiger partial charge in [-0.2, -0.15) is 0 Å². The second-order valence-electron chi connectivity index (χ2n) is 11.6. The number of fused-ring (bicyclic) bond motifs is 1. The van der Waals surface area contributed by atoms with Crippen LogP contribution in [0.3, 0.4) is 0 Å². The Morgan fingerprint density at radius 3 is 2.06 bits per heavy atom. The van der Waals surface area contributed by atoms with Crippen LogP contribution in [-0.2, 0) is 61.8 Å². The Morgan fingerprint density at radius 2 is 1.46 bits per heavy atom. The van der Waals surface area contributed by atoms with Crippen LogP contribution >= 0.6 is 0 Å². The quantitative estimate of drug-likeness (QED) is 0.115. The summed E-state index contributed by atoms with van der Waals surface area (Å²) in [6, 6.07) is 6.94. The van der Waals surface area contributed by atoms with Crippen LogP contribution in [0.25, 0.3) is 10.4 Å². The molecule has 0 spiro atoms. The fraction of sp³-hybridized carbons (Fsp3) is 0.633. The number of esters is 4. The third-order valence-corrected chi connectivity index (χ3v) is 7.37. The molecule has 0 bridgehead atoms. The van der Waals surface area contributed by atoms with Crippen LogP contribution in [0.1, 0.15) is 51.9 Å². The van der Waals surface area contributed by atoms with E-state index in [1.165, 1.54) is 6.92 Å². The van der Waals surface area contributed by atoms with Gasteiger partial charge in [-0.3, -0.25) is 19.2 Å². The number of benzene rings is 1. The van der Waals surface area contributed by atoms with Crippen molar-refractivity contribution >= 4 is 29.8 Å². The van der Waals surface area contributed by atoms with Gasteiger partial charge in [0.15, 0.2) is 30.5 Å². The van der Waals surface area contributed by atoms with Crippen LogP contribution in [-0.4, -0.2) is 110 Å². The zero-order valence-electron chi connectivity index (χ0n) is 27.1. The van der Waals surface area contributed by atoms with Crippen LogP contribution in [0.15, 0.2) is 35.4 Å². The molecule has 3 fully saturated rings. The van der Waals surface area contributed by atoms with Gasteiger partial charge in [0.25, 0.3) is 0 Å². The van der Waals surface area contributed by atoms with Gasteiger partial charge in [0.1, 0.15) is 49.8 Å². The first-order chi connectivity index (χ1) is 22.7. The summed E-state index contributed by atoms with van der Waals surface area (Å²) in [5, 5.41) is 6.36. The van der Waals surface area contributed by atoms with Gasteiger partial charge in [0, 0.05) is 32.6 Å². The average molecular weight is 679 g/mol. The number of carbonyl (C=O) groups is 5. The minimum Gasteiger partial charge on any atom is -0.463 e. The number of ether oxygens (including phenoxy) is 9. The van der Waals surface area contributed by atoms with Gasteiger partial charge in [-0.05, 0) is 31.5 Å². The van der Waals surface area contributed by atoms with Crippen molar-refractivity contribution in [3.8, 4) is 0 Å². The number of rotatable bonds is 11. The highest BCUT2D eigenvalue weighted by Crippen LogP contribution is 2.41. The lowest BCUT2D eigenvalue weighted by Gasteiger charge is -2.47. The van der Waals surface area contributed by atoms with E-state index in [4.69, 9.17) is 42.6 Å². The van der Waals surface area contributed by atoms with Crippen molar-refractivity contribution in [3.05, 3.63) is 46.3 Å². The molecule has 0 unspecified atom stereocenters. The Bertz CT molecular complexity index is 1400. The van der Waals surface area contributed by atoms with Crippen LogP contribution < -0.4 is 5.32 Å². The summed E-state index contributed by atoms with van der Waals surface area (Å²) in [6.07, 6.45) is -11.2. The predicted molar refractivity (Wildman–Crippen MR) is 157 cm³/mol. The van der Waals surface area contributed by atoms with Crippen molar-refractivity contribution in [1.82, 2.24) is 5.32 Å². The second-order valence-corrected chi connectivity index (χ2v) is 11.6. The Kier molecular flexibility index (Phi) is 12.0. The lowest BCUT2D eigenvalue weighted by molar-refractivity contribution is -0.315. The van der Waals surface area contributed by atoms with Gasteiger partial charge >= 0.3 is 23.9 Å². The Morgan fingerprint density at radius 1 is 0.833 bits per heavy atom. The van der Waals surface area contributed by atoms with Crippen LogP contribution in [0, 0.1) is 0 Å². The first-order valence-electron chi connectivity index (χ1n) is 15.0. The number of nitrogens with one attached hydrogen (secondary N) is 1. The minimum absolute atomic E-state index is 0.303. The van der Waals surface area contributed by atoms with E-state index in [-0.39, 0.29) is 6.61 Å². The maximum atomic E-state index is 12.7. The van der Waals surface area contributed by atoms with Crippen molar-refractivity contribution in [2.75, 3.05) is 13.2 Å². The topological polar surface area (TPSA) is 229 Å². The molecule has 3 heterocycles.